The monoisotopic (exact) mass is 332 g/mol. The number of carbonyl (C=O) groups excluding carboxylic acids is 1. The Bertz CT molecular complexity index is 838. The Morgan fingerprint density at radius 1 is 0.920 bits per heavy atom. The molecule has 1 unspecified atom stereocenters. The van der Waals surface area contributed by atoms with E-state index in [1.165, 1.54) is 5.56 Å². The van der Waals surface area contributed by atoms with Gasteiger partial charge in [0.15, 0.2) is 0 Å². The average Bonchev–Trinajstić information content (AvgIpc) is 2.65. The molecule has 1 amide bonds. The van der Waals surface area contributed by atoms with Gasteiger partial charge in [0.25, 0.3) is 5.91 Å². The van der Waals surface area contributed by atoms with E-state index < -0.39 is 0 Å². The summed E-state index contributed by atoms with van der Waals surface area (Å²) in [5.74, 6) is -0.0169. The molecule has 0 bridgehead atoms. The third-order valence-electron chi connectivity index (χ3n) is 4.58. The molecule has 0 saturated heterocycles. The van der Waals surface area contributed by atoms with Gasteiger partial charge in [-0.1, -0.05) is 66.7 Å². The molecule has 0 aromatic heterocycles. The number of rotatable bonds is 6. The fourth-order valence-electron chi connectivity index (χ4n) is 3.05. The van der Waals surface area contributed by atoms with Gasteiger partial charge < -0.3 is 10.2 Å². The molecule has 0 aliphatic carbocycles. The van der Waals surface area contributed by atoms with Crippen LogP contribution in [-0.2, 0) is 6.42 Å². The maximum Gasteiger partial charge on any atom is 0.251 e. The van der Waals surface area contributed by atoms with Gasteiger partial charge in [-0.15, -0.1) is 0 Å². The highest BCUT2D eigenvalue weighted by Crippen LogP contribution is 2.18. The second-order valence-corrected chi connectivity index (χ2v) is 6.54. The van der Waals surface area contributed by atoms with Gasteiger partial charge in [0.05, 0.1) is 0 Å². The van der Waals surface area contributed by atoms with E-state index in [1.807, 2.05) is 48.5 Å². The summed E-state index contributed by atoms with van der Waals surface area (Å²) in [6.45, 7) is 0.615. The quantitative estimate of drug-likeness (QED) is 0.746. The first-order valence-electron chi connectivity index (χ1n) is 8.61. The van der Waals surface area contributed by atoms with Crippen molar-refractivity contribution < 1.29 is 4.79 Å². The van der Waals surface area contributed by atoms with Crippen LogP contribution < -0.4 is 5.32 Å². The van der Waals surface area contributed by atoms with E-state index in [0.717, 1.165) is 22.8 Å². The molecule has 0 aliphatic heterocycles. The fraction of sp³-hybridized carbons (Fsp3) is 0.227. The summed E-state index contributed by atoms with van der Waals surface area (Å²) < 4.78 is 0. The predicted molar refractivity (Wildman–Crippen MR) is 104 cm³/mol. The van der Waals surface area contributed by atoms with Crippen LogP contribution in [0.15, 0.2) is 72.8 Å². The molecule has 0 saturated carbocycles. The van der Waals surface area contributed by atoms with E-state index >= 15 is 0 Å². The van der Waals surface area contributed by atoms with Gasteiger partial charge in [0.1, 0.15) is 0 Å². The SMILES string of the molecule is CN(C)C(CNC(=O)c1cccc2ccccc12)Cc1ccccc1. The number of hydrogen-bond donors (Lipinski definition) is 1. The standard InChI is InChI=1S/C22H24N2O/c1-24(2)19(15-17-9-4-3-5-10-17)16-23-22(25)21-14-8-12-18-11-6-7-13-20(18)21/h3-14,19H,15-16H2,1-2H3,(H,23,25). The number of fused-ring (bicyclic) bond motifs is 1. The maximum absolute atomic E-state index is 12.7. The Hall–Kier alpha value is -2.65. The van der Waals surface area contributed by atoms with Gasteiger partial charge in [0.2, 0.25) is 0 Å². The van der Waals surface area contributed by atoms with Crippen LogP contribution in [-0.4, -0.2) is 37.5 Å². The lowest BCUT2D eigenvalue weighted by atomic mass is 10.0. The molecule has 128 valence electrons. The van der Waals surface area contributed by atoms with Gasteiger partial charge in [-0.05, 0) is 42.9 Å². The van der Waals surface area contributed by atoms with Crippen molar-refractivity contribution >= 4 is 16.7 Å². The average molecular weight is 332 g/mol. The Kier molecular flexibility index (Phi) is 5.46. The van der Waals surface area contributed by atoms with Gasteiger partial charge in [-0.25, -0.2) is 0 Å². The van der Waals surface area contributed by atoms with E-state index in [4.69, 9.17) is 0 Å². The van der Waals surface area contributed by atoms with Gasteiger partial charge >= 0.3 is 0 Å². The number of nitrogens with one attached hydrogen (secondary N) is 1. The fourth-order valence-corrected chi connectivity index (χ4v) is 3.05. The van der Waals surface area contributed by atoms with Crippen molar-refractivity contribution in [2.45, 2.75) is 12.5 Å². The predicted octanol–water partition coefficient (Wildman–Crippen LogP) is 3.74. The zero-order valence-corrected chi connectivity index (χ0v) is 14.8. The first kappa shape index (κ1) is 17.2. The molecule has 25 heavy (non-hydrogen) atoms. The van der Waals surface area contributed by atoms with Crippen LogP contribution in [0, 0.1) is 0 Å². The van der Waals surface area contributed by atoms with Crippen LogP contribution in [0.5, 0.6) is 0 Å². The molecule has 1 atom stereocenters. The second-order valence-electron chi connectivity index (χ2n) is 6.54. The van der Waals surface area contributed by atoms with Crippen LogP contribution >= 0.6 is 0 Å². The summed E-state index contributed by atoms with van der Waals surface area (Å²) in [5.41, 5.74) is 2.01. The van der Waals surface area contributed by atoms with Gasteiger partial charge in [0, 0.05) is 18.2 Å². The summed E-state index contributed by atoms with van der Waals surface area (Å²) in [6.07, 6.45) is 0.906. The zero-order chi connectivity index (χ0) is 17.6. The molecule has 1 N–H and O–H groups in total. The van der Waals surface area contributed by atoms with Gasteiger partial charge in [-0.2, -0.15) is 0 Å². The zero-order valence-electron chi connectivity index (χ0n) is 14.8. The Morgan fingerprint density at radius 2 is 1.60 bits per heavy atom. The molecule has 3 heteroatoms. The van der Waals surface area contributed by atoms with Crippen molar-refractivity contribution in [3.8, 4) is 0 Å². The number of amides is 1. The summed E-state index contributed by atoms with van der Waals surface area (Å²) in [7, 11) is 4.11. The summed E-state index contributed by atoms with van der Waals surface area (Å²) >= 11 is 0. The van der Waals surface area contributed by atoms with Crippen molar-refractivity contribution in [3.63, 3.8) is 0 Å². The molecule has 0 fully saturated rings. The highest BCUT2D eigenvalue weighted by molar-refractivity contribution is 6.07. The van der Waals surface area contributed by atoms with E-state index in [-0.39, 0.29) is 11.9 Å². The van der Waals surface area contributed by atoms with Crippen molar-refractivity contribution in [2.24, 2.45) is 0 Å². The minimum Gasteiger partial charge on any atom is -0.350 e. The second kappa shape index (κ2) is 7.95. The topological polar surface area (TPSA) is 32.3 Å². The van der Waals surface area contributed by atoms with Crippen LogP contribution in [0.3, 0.4) is 0 Å². The molecule has 0 heterocycles. The Balaban J connectivity index is 1.71. The lowest BCUT2D eigenvalue weighted by Crippen LogP contribution is -2.41. The minimum atomic E-state index is -0.0169. The number of likely N-dealkylation sites (N-methyl/N-ethyl adjacent to an activating group) is 1. The third-order valence-corrected chi connectivity index (χ3v) is 4.58. The minimum absolute atomic E-state index is 0.0169. The van der Waals surface area contributed by atoms with Crippen LogP contribution in [0.1, 0.15) is 15.9 Å². The number of hydrogen-bond acceptors (Lipinski definition) is 2. The van der Waals surface area contributed by atoms with Gasteiger partial charge in [-0.3, -0.25) is 4.79 Å². The smallest absolute Gasteiger partial charge is 0.251 e. The van der Waals surface area contributed by atoms with E-state index in [1.54, 1.807) is 0 Å². The largest absolute Gasteiger partial charge is 0.350 e. The van der Waals surface area contributed by atoms with E-state index in [9.17, 15) is 4.79 Å². The molecule has 3 aromatic carbocycles. The van der Waals surface area contributed by atoms with E-state index in [2.05, 4.69) is 48.6 Å². The third kappa shape index (κ3) is 4.25. The molecule has 3 nitrogen and oxygen atoms in total. The molecule has 0 radical (unpaired) electrons. The van der Waals surface area contributed by atoms with Crippen LogP contribution in [0.2, 0.25) is 0 Å². The molecule has 0 aliphatic rings. The van der Waals surface area contributed by atoms with Crippen molar-refractivity contribution in [1.29, 1.82) is 0 Å². The van der Waals surface area contributed by atoms with Crippen LogP contribution in [0.25, 0.3) is 10.8 Å². The van der Waals surface area contributed by atoms with E-state index in [0.29, 0.717) is 6.54 Å². The number of carbonyl (C=O) groups is 1. The summed E-state index contributed by atoms with van der Waals surface area (Å²) in [4.78, 5) is 14.9. The molecular formula is C22H24N2O. The Labute approximate surface area is 149 Å². The number of nitrogens with zero attached hydrogens (tertiary/aromatic N) is 1. The molecule has 3 aromatic rings. The highest BCUT2D eigenvalue weighted by Gasteiger charge is 2.15. The first-order valence-corrected chi connectivity index (χ1v) is 8.61. The molecular weight excluding hydrogens is 308 g/mol. The normalized spacial score (nSPS) is 12.3. The van der Waals surface area contributed by atoms with Crippen molar-refractivity contribution in [3.05, 3.63) is 83.9 Å². The van der Waals surface area contributed by atoms with Crippen molar-refractivity contribution in [1.82, 2.24) is 10.2 Å². The van der Waals surface area contributed by atoms with Crippen molar-refractivity contribution in [2.75, 3.05) is 20.6 Å². The maximum atomic E-state index is 12.7. The molecule has 0 spiro atoms. The first-order chi connectivity index (χ1) is 12.1. The Morgan fingerprint density at radius 3 is 2.36 bits per heavy atom. The molecule has 3 rings (SSSR count). The highest BCUT2D eigenvalue weighted by atomic mass is 16.1. The number of benzene rings is 3. The lowest BCUT2D eigenvalue weighted by Gasteiger charge is -2.25. The summed E-state index contributed by atoms with van der Waals surface area (Å²) in [6, 6.07) is 24.5. The lowest BCUT2D eigenvalue weighted by molar-refractivity contribution is 0.0943. The summed E-state index contributed by atoms with van der Waals surface area (Å²) in [5, 5.41) is 5.19. The van der Waals surface area contributed by atoms with Crippen LogP contribution in [0.4, 0.5) is 0 Å².